The molecule has 0 saturated carbocycles. The third kappa shape index (κ3) is 2.45. The van der Waals surface area contributed by atoms with Gasteiger partial charge in [0.25, 0.3) is 0 Å². The monoisotopic (exact) mass is 277 g/mol. The largest absolute Gasteiger partial charge is 0.493 e. The lowest BCUT2D eigenvalue weighted by Crippen LogP contribution is -2.21. The summed E-state index contributed by atoms with van der Waals surface area (Å²) in [5.74, 6) is 2.42. The number of fused-ring (bicyclic) bond motifs is 1. The fourth-order valence-corrected chi connectivity index (χ4v) is 2.38. The van der Waals surface area contributed by atoms with Gasteiger partial charge in [-0.1, -0.05) is 20.8 Å². The molecule has 20 heavy (non-hydrogen) atoms. The van der Waals surface area contributed by atoms with E-state index in [1.165, 1.54) is 0 Å². The van der Waals surface area contributed by atoms with Crippen molar-refractivity contribution < 1.29 is 9.47 Å². The van der Waals surface area contributed by atoms with Crippen LogP contribution in [-0.4, -0.2) is 30.3 Å². The Kier molecular flexibility index (Phi) is 3.90. The van der Waals surface area contributed by atoms with Gasteiger partial charge in [-0.3, -0.25) is 0 Å². The second-order valence-electron chi connectivity index (χ2n) is 5.82. The summed E-state index contributed by atoms with van der Waals surface area (Å²) in [6, 6.07) is 3.88. The summed E-state index contributed by atoms with van der Waals surface area (Å²) in [5.41, 5.74) is 7.63. The molecule has 0 unspecified atom stereocenters. The molecule has 2 aromatic rings. The molecular formula is C15H23N3O2. The molecule has 0 bridgehead atoms. The van der Waals surface area contributed by atoms with Gasteiger partial charge in [-0.15, -0.1) is 0 Å². The van der Waals surface area contributed by atoms with Crippen molar-refractivity contribution in [2.24, 2.45) is 5.73 Å². The Hall–Kier alpha value is -1.75. The minimum Gasteiger partial charge on any atom is -0.493 e. The van der Waals surface area contributed by atoms with Crippen LogP contribution in [0.4, 0.5) is 0 Å². The fraction of sp³-hybridized carbons (Fsp3) is 0.533. The van der Waals surface area contributed by atoms with Crippen LogP contribution in [0.25, 0.3) is 11.0 Å². The van der Waals surface area contributed by atoms with E-state index in [0.29, 0.717) is 18.0 Å². The predicted molar refractivity (Wildman–Crippen MR) is 80.6 cm³/mol. The SMILES string of the molecule is COc1cc2nc(C(C)(C)C)n(CCN)c2cc1OC. The third-order valence-electron chi connectivity index (χ3n) is 3.28. The molecule has 0 fully saturated rings. The maximum atomic E-state index is 5.75. The molecule has 1 heterocycles. The number of nitrogens with two attached hydrogens (primary N) is 1. The standard InChI is InChI=1S/C15H23N3O2/c1-15(2,3)14-17-10-8-12(19-4)13(20-5)9-11(10)18(14)7-6-16/h8-9H,6-7,16H2,1-5H3. The van der Waals surface area contributed by atoms with Gasteiger partial charge in [0, 0.05) is 30.6 Å². The normalized spacial score (nSPS) is 11.9. The minimum absolute atomic E-state index is 0.0470. The quantitative estimate of drug-likeness (QED) is 0.931. The summed E-state index contributed by atoms with van der Waals surface area (Å²) in [7, 11) is 3.27. The van der Waals surface area contributed by atoms with Gasteiger partial charge >= 0.3 is 0 Å². The highest BCUT2D eigenvalue weighted by Crippen LogP contribution is 2.34. The molecule has 0 atom stereocenters. The number of aromatic nitrogens is 2. The first-order valence-corrected chi connectivity index (χ1v) is 6.75. The molecule has 0 saturated heterocycles. The Labute approximate surface area is 119 Å². The van der Waals surface area contributed by atoms with Crippen molar-refractivity contribution in [3.05, 3.63) is 18.0 Å². The first-order valence-electron chi connectivity index (χ1n) is 6.75. The highest BCUT2D eigenvalue weighted by atomic mass is 16.5. The number of nitrogens with zero attached hydrogens (tertiary/aromatic N) is 2. The highest BCUT2D eigenvalue weighted by Gasteiger charge is 2.23. The Morgan fingerprint density at radius 3 is 2.25 bits per heavy atom. The van der Waals surface area contributed by atoms with Crippen molar-refractivity contribution in [1.82, 2.24) is 9.55 Å². The molecule has 0 aliphatic carbocycles. The van der Waals surface area contributed by atoms with E-state index in [9.17, 15) is 0 Å². The summed E-state index contributed by atoms with van der Waals surface area (Å²) in [6.07, 6.45) is 0. The van der Waals surface area contributed by atoms with Crippen molar-refractivity contribution in [3.63, 3.8) is 0 Å². The van der Waals surface area contributed by atoms with Crippen LogP contribution in [0.1, 0.15) is 26.6 Å². The lowest BCUT2D eigenvalue weighted by Gasteiger charge is -2.19. The molecule has 2 N–H and O–H groups in total. The number of ether oxygens (including phenoxy) is 2. The van der Waals surface area contributed by atoms with Gasteiger partial charge in [0.1, 0.15) is 5.82 Å². The summed E-state index contributed by atoms with van der Waals surface area (Å²) in [6.45, 7) is 7.75. The maximum Gasteiger partial charge on any atom is 0.163 e. The second-order valence-corrected chi connectivity index (χ2v) is 5.82. The van der Waals surface area contributed by atoms with Gasteiger partial charge in [0.05, 0.1) is 25.3 Å². The van der Waals surface area contributed by atoms with Crippen LogP contribution in [-0.2, 0) is 12.0 Å². The first kappa shape index (κ1) is 14.7. The number of benzene rings is 1. The Morgan fingerprint density at radius 1 is 1.15 bits per heavy atom. The Balaban J connectivity index is 2.74. The van der Waals surface area contributed by atoms with E-state index in [1.807, 2.05) is 12.1 Å². The first-order chi connectivity index (χ1) is 9.42. The van der Waals surface area contributed by atoms with E-state index in [4.69, 9.17) is 20.2 Å². The van der Waals surface area contributed by atoms with E-state index in [-0.39, 0.29) is 5.41 Å². The molecule has 0 spiro atoms. The Morgan fingerprint density at radius 2 is 1.75 bits per heavy atom. The van der Waals surface area contributed by atoms with Crippen molar-refractivity contribution in [2.75, 3.05) is 20.8 Å². The maximum absolute atomic E-state index is 5.75. The van der Waals surface area contributed by atoms with Crippen molar-refractivity contribution >= 4 is 11.0 Å². The lowest BCUT2D eigenvalue weighted by molar-refractivity contribution is 0.355. The van der Waals surface area contributed by atoms with E-state index >= 15 is 0 Å². The van der Waals surface area contributed by atoms with Gasteiger partial charge in [-0.05, 0) is 0 Å². The number of rotatable bonds is 4. The van der Waals surface area contributed by atoms with Crippen molar-refractivity contribution in [1.29, 1.82) is 0 Å². The number of methoxy groups -OCH3 is 2. The van der Waals surface area contributed by atoms with Gasteiger partial charge in [0.15, 0.2) is 11.5 Å². The molecular weight excluding hydrogens is 254 g/mol. The summed E-state index contributed by atoms with van der Waals surface area (Å²) >= 11 is 0. The van der Waals surface area contributed by atoms with Crippen LogP contribution in [0, 0.1) is 0 Å². The second kappa shape index (κ2) is 5.32. The molecule has 0 amide bonds. The summed E-state index contributed by atoms with van der Waals surface area (Å²) in [4.78, 5) is 4.76. The smallest absolute Gasteiger partial charge is 0.163 e. The van der Waals surface area contributed by atoms with Crippen LogP contribution in [0.2, 0.25) is 0 Å². The zero-order chi connectivity index (χ0) is 14.9. The van der Waals surface area contributed by atoms with Gasteiger partial charge < -0.3 is 19.8 Å². The number of hydrogen-bond acceptors (Lipinski definition) is 4. The number of imidazole rings is 1. The molecule has 5 heteroatoms. The average molecular weight is 277 g/mol. The fourth-order valence-electron chi connectivity index (χ4n) is 2.38. The van der Waals surface area contributed by atoms with E-state index in [0.717, 1.165) is 23.4 Å². The lowest BCUT2D eigenvalue weighted by atomic mass is 9.95. The zero-order valence-corrected chi connectivity index (χ0v) is 12.9. The molecule has 5 nitrogen and oxygen atoms in total. The van der Waals surface area contributed by atoms with E-state index in [2.05, 4.69) is 25.3 Å². The van der Waals surface area contributed by atoms with Crippen LogP contribution in [0.5, 0.6) is 11.5 Å². The average Bonchev–Trinajstić information content (AvgIpc) is 2.75. The third-order valence-corrected chi connectivity index (χ3v) is 3.28. The zero-order valence-electron chi connectivity index (χ0n) is 12.9. The molecule has 1 aromatic carbocycles. The number of hydrogen-bond donors (Lipinski definition) is 1. The predicted octanol–water partition coefficient (Wildman–Crippen LogP) is 2.31. The van der Waals surface area contributed by atoms with Gasteiger partial charge in [0.2, 0.25) is 0 Å². The van der Waals surface area contributed by atoms with Crippen LogP contribution in [0.3, 0.4) is 0 Å². The van der Waals surface area contributed by atoms with Crippen LogP contribution in [0.15, 0.2) is 12.1 Å². The van der Waals surface area contributed by atoms with Crippen LogP contribution >= 0.6 is 0 Å². The molecule has 0 radical (unpaired) electrons. The molecule has 0 aliphatic heterocycles. The highest BCUT2D eigenvalue weighted by molar-refractivity contribution is 5.81. The van der Waals surface area contributed by atoms with Gasteiger partial charge in [-0.25, -0.2) is 4.98 Å². The van der Waals surface area contributed by atoms with E-state index < -0.39 is 0 Å². The van der Waals surface area contributed by atoms with Crippen molar-refractivity contribution in [2.45, 2.75) is 32.7 Å². The summed E-state index contributed by atoms with van der Waals surface area (Å²) < 4.78 is 12.9. The molecule has 1 aromatic heterocycles. The molecule has 2 rings (SSSR count). The minimum atomic E-state index is -0.0470. The summed E-state index contributed by atoms with van der Waals surface area (Å²) in [5, 5.41) is 0. The van der Waals surface area contributed by atoms with Crippen molar-refractivity contribution in [3.8, 4) is 11.5 Å². The molecule has 110 valence electrons. The van der Waals surface area contributed by atoms with Crippen LogP contribution < -0.4 is 15.2 Å². The van der Waals surface area contributed by atoms with E-state index in [1.54, 1.807) is 14.2 Å². The van der Waals surface area contributed by atoms with Gasteiger partial charge in [-0.2, -0.15) is 0 Å². The Bertz CT molecular complexity index is 612. The topological polar surface area (TPSA) is 62.3 Å². The molecule has 0 aliphatic rings.